The average molecular weight is 481 g/mol. The summed E-state index contributed by atoms with van der Waals surface area (Å²) in [6, 6.07) is 15.2. The topological polar surface area (TPSA) is 89.0 Å². The van der Waals surface area contributed by atoms with Crippen molar-refractivity contribution in [3.63, 3.8) is 0 Å². The van der Waals surface area contributed by atoms with Crippen LogP contribution in [0.1, 0.15) is 34.2 Å². The lowest BCUT2D eigenvalue weighted by molar-refractivity contribution is 0.101. The van der Waals surface area contributed by atoms with Gasteiger partial charge < -0.3 is 9.55 Å². The number of benzene rings is 2. The van der Waals surface area contributed by atoms with Gasteiger partial charge in [0.25, 0.3) is 5.56 Å². The monoisotopic (exact) mass is 480 g/mol. The van der Waals surface area contributed by atoms with Crippen LogP contribution in [0.4, 0.5) is 4.39 Å². The number of hydrogen-bond donors (Lipinski definition) is 1. The van der Waals surface area contributed by atoms with Gasteiger partial charge in [-0.05, 0) is 49.2 Å². The Morgan fingerprint density at radius 3 is 2.47 bits per heavy atom. The van der Waals surface area contributed by atoms with E-state index >= 15 is 0 Å². The van der Waals surface area contributed by atoms with Crippen LogP contribution in [0.25, 0.3) is 22.0 Å². The number of nitrogens with zero attached hydrogens (tertiary/aromatic N) is 1. The molecule has 6 nitrogen and oxygen atoms in total. The van der Waals surface area contributed by atoms with E-state index < -0.39 is 27.2 Å². The van der Waals surface area contributed by atoms with Crippen molar-refractivity contribution in [2.75, 3.05) is 12.0 Å². The lowest BCUT2D eigenvalue weighted by atomic mass is 9.99. The minimum absolute atomic E-state index is 0.00322. The Morgan fingerprint density at radius 2 is 1.82 bits per heavy atom. The first-order valence-corrected chi connectivity index (χ1v) is 12.9. The van der Waals surface area contributed by atoms with Gasteiger partial charge in [-0.1, -0.05) is 31.2 Å². The van der Waals surface area contributed by atoms with E-state index in [9.17, 15) is 22.4 Å². The smallest absolute Gasteiger partial charge is 0.256 e. The number of H-pyrrole nitrogens is 1. The second-order valence-electron chi connectivity index (χ2n) is 8.48. The number of pyridine rings is 1. The Morgan fingerprint density at radius 1 is 1.09 bits per heavy atom. The minimum atomic E-state index is -3.66. The number of aromatic nitrogens is 2. The van der Waals surface area contributed by atoms with E-state index in [1.54, 1.807) is 41.8 Å². The van der Waals surface area contributed by atoms with E-state index in [0.717, 1.165) is 18.2 Å². The van der Waals surface area contributed by atoms with E-state index in [4.69, 9.17) is 0 Å². The molecule has 0 aliphatic carbocycles. The Bertz CT molecular complexity index is 1580. The lowest BCUT2D eigenvalue weighted by Crippen LogP contribution is -2.21. The zero-order valence-corrected chi connectivity index (χ0v) is 20.0. The zero-order chi connectivity index (χ0) is 24.6. The van der Waals surface area contributed by atoms with Crippen molar-refractivity contribution < 1.29 is 17.6 Å². The van der Waals surface area contributed by atoms with Crippen LogP contribution in [0.2, 0.25) is 0 Å². The predicted octanol–water partition coefficient (Wildman–Crippen LogP) is 4.28. The van der Waals surface area contributed by atoms with Crippen molar-refractivity contribution >= 4 is 26.5 Å². The number of aryl methyl sites for hydroxylation is 2. The highest BCUT2D eigenvalue weighted by Gasteiger charge is 2.28. The van der Waals surface area contributed by atoms with Crippen molar-refractivity contribution in [2.24, 2.45) is 0 Å². The molecule has 0 aliphatic heterocycles. The van der Waals surface area contributed by atoms with Gasteiger partial charge in [-0.3, -0.25) is 9.59 Å². The third kappa shape index (κ3) is 4.59. The largest absolute Gasteiger partial charge is 0.333 e. The SMILES string of the molecule is CCc1ccc2c(c1)c(-c1ccc(C)[nH]c1=O)c(C(=O)CS(C)(=O)=O)n2Cc1ccccc1F. The molecule has 0 unspecified atom stereocenters. The van der Waals surface area contributed by atoms with E-state index in [-0.39, 0.29) is 23.4 Å². The van der Waals surface area contributed by atoms with Gasteiger partial charge in [0, 0.05) is 39.5 Å². The summed E-state index contributed by atoms with van der Waals surface area (Å²) in [5, 5.41) is 0.641. The number of carbonyl (C=O) groups is 1. The number of nitrogens with one attached hydrogen (secondary N) is 1. The number of fused-ring (bicyclic) bond motifs is 1. The second-order valence-corrected chi connectivity index (χ2v) is 10.6. The maximum atomic E-state index is 14.6. The van der Waals surface area contributed by atoms with Crippen molar-refractivity contribution in [2.45, 2.75) is 26.8 Å². The first kappa shape index (κ1) is 23.6. The number of aromatic amines is 1. The fourth-order valence-corrected chi connectivity index (χ4v) is 4.83. The molecule has 1 N–H and O–H groups in total. The zero-order valence-electron chi connectivity index (χ0n) is 19.2. The van der Waals surface area contributed by atoms with Crippen LogP contribution in [0.5, 0.6) is 0 Å². The summed E-state index contributed by atoms with van der Waals surface area (Å²) in [5.74, 6) is -1.81. The molecular formula is C26H25FN2O4S. The summed E-state index contributed by atoms with van der Waals surface area (Å²) >= 11 is 0. The van der Waals surface area contributed by atoms with Crippen LogP contribution in [-0.2, 0) is 22.8 Å². The fourth-order valence-electron chi connectivity index (χ4n) is 4.22. The summed E-state index contributed by atoms with van der Waals surface area (Å²) in [4.78, 5) is 29.2. The summed E-state index contributed by atoms with van der Waals surface area (Å²) in [7, 11) is -3.66. The van der Waals surface area contributed by atoms with Gasteiger partial charge in [-0.2, -0.15) is 0 Å². The summed E-state index contributed by atoms with van der Waals surface area (Å²) in [6.45, 7) is 3.74. The predicted molar refractivity (Wildman–Crippen MR) is 132 cm³/mol. The van der Waals surface area contributed by atoms with Gasteiger partial charge >= 0.3 is 0 Å². The van der Waals surface area contributed by atoms with Crippen LogP contribution in [-0.4, -0.2) is 35.8 Å². The number of halogens is 1. The molecule has 8 heteroatoms. The summed E-state index contributed by atoms with van der Waals surface area (Å²) < 4.78 is 40.3. The number of hydrogen-bond acceptors (Lipinski definition) is 4. The van der Waals surface area contributed by atoms with E-state index in [1.165, 1.54) is 6.07 Å². The molecule has 0 fully saturated rings. The molecule has 2 aromatic carbocycles. The molecule has 4 aromatic rings. The van der Waals surface area contributed by atoms with Crippen LogP contribution < -0.4 is 5.56 Å². The van der Waals surface area contributed by atoms with Crippen LogP contribution >= 0.6 is 0 Å². The number of rotatable bonds is 7. The molecule has 34 heavy (non-hydrogen) atoms. The molecule has 2 aromatic heterocycles. The van der Waals surface area contributed by atoms with E-state index in [0.29, 0.717) is 27.7 Å². The standard InChI is InChI=1S/C26H25FN2O4S/c1-4-17-10-12-22-20(13-17)24(19-11-9-16(2)28-26(19)31)25(23(30)15-34(3,32)33)29(22)14-18-7-5-6-8-21(18)27/h5-13H,4,14-15H2,1-3H3,(H,28,31). The maximum absolute atomic E-state index is 14.6. The van der Waals surface area contributed by atoms with Crippen LogP contribution in [0.15, 0.2) is 59.4 Å². The Hall–Kier alpha value is -3.52. The highest BCUT2D eigenvalue weighted by molar-refractivity contribution is 7.91. The number of sulfone groups is 1. The van der Waals surface area contributed by atoms with Crippen molar-refractivity contribution in [3.8, 4) is 11.1 Å². The number of ketones is 1. The average Bonchev–Trinajstić information content (AvgIpc) is 3.07. The molecule has 0 atom stereocenters. The molecule has 0 saturated heterocycles. The van der Waals surface area contributed by atoms with Gasteiger partial charge in [-0.15, -0.1) is 0 Å². The molecule has 0 aliphatic rings. The molecule has 0 spiro atoms. The minimum Gasteiger partial charge on any atom is -0.333 e. The molecule has 0 amide bonds. The highest BCUT2D eigenvalue weighted by atomic mass is 32.2. The third-order valence-corrected chi connectivity index (χ3v) is 6.59. The van der Waals surface area contributed by atoms with Gasteiger partial charge in [0.2, 0.25) is 0 Å². The van der Waals surface area contributed by atoms with Crippen molar-refractivity contribution in [1.82, 2.24) is 9.55 Å². The van der Waals surface area contributed by atoms with Crippen molar-refractivity contribution in [3.05, 3.63) is 93.3 Å². The second kappa shape index (κ2) is 9.02. The Balaban J connectivity index is 2.12. The van der Waals surface area contributed by atoms with Crippen LogP contribution in [0, 0.1) is 12.7 Å². The lowest BCUT2D eigenvalue weighted by Gasteiger charge is -2.12. The number of carbonyl (C=O) groups excluding carboxylic acids is 1. The van der Waals surface area contributed by atoms with E-state index in [2.05, 4.69) is 4.98 Å². The summed E-state index contributed by atoms with van der Waals surface area (Å²) in [6.07, 6.45) is 1.72. The van der Waals surface area contributed by atoms with Gasteiger partial charge in [0.1, 0.15) is 11.6 Å². The first-order chi connectivity index (χ1) is 16.1. The molecular weight excluding hydrogens is 455 g/mol. The molecule has 4 rings (SSSR count). The maximum Gasteiger partial charge on any atom is 0.256 e. The van der Waals surface area contributed by atoms with Gasteiger partial charge in [0.15, 0.2) is 15.6 Å². The first-order valence-electron chi connectivity index (χ1n) is 10.9. The van der Waals surface area contributed by atoms with E-state index in [1.807, 2.05) is 25.1 Å². The van der Waals surface area contributed by atoms with Crippen LogP contribution in [0.3, 0.4) is 0 Å². The van der Waals surface area contributed by atoms with Crippen molar-refractivity contribution in [1.29, 1.82) is 0 Å². The quantitative estimate of drug-likeness (QED) is 0.400. The third-order valence-electron chi connectivity index (χ3n) is 5.80. The Labute approximate surface area is 197 Å². The molecule has 0 saturated carbocycles. The number of Topliss-reactive ketones (excluding diaryl/α,β-unsaturated/α-hetero) is 1. The molecule has 2 heterocycles. The molecule has 176 valence electrons. The fraction of sp³-hybridized carbons (Fsp3) is 0.231. The van der Waals surface area contributed by atoms with Gasteiger partial charge in [-0.25, -0.2) is 12.8 Å². The molecule has 0 radical (unpaired) electrons. The summed E-state index contributed by atoms with van der Waals surface area (Å²) in [5.41, 5.74) is 2.91. The Kier molecular flexibility index (Phi) is 6.27. The van der Waals surface area contributed by atoms with Gasteiger partial charge in [0.05, 0.1) is 12.2 Å². The molecule has 0 bridgehead atoms. The highest BCUT2D eigenvalue weighted by Crippen LogP contribution is 2.36. The normalized spacial score (nSPS) is 11.8.